The van der Waals surface area contributed by atoms with Gasteiger partial charge in [-0.1, -0.05) is 127 Å². The molecule has 1 saturated carbocycles. The molecule has 7 unspecified atom stereocenters. The van der Waals surface area contributed by atoms with Crippen LogP contribution in [0.15, 0.2) is 72.8 Å². The first-order valence-electron chi connectivity index (χ1n) is 18.4. The minimum absolute atomic E-state index is 0.0345. The summed E-state index contributed by atoms with van der Waals surface area (Å²) in [6, 6.07) is 17.1. The third kappa shape index (κ3) is 11.0. The molecule has 0 saturated heterocycles. The first kappa shape index (κ1) is 37.2. The van der Waals surface area contributed by atoms with Crippen LogP contribution in [-0.2, 0) is 30.0 Å². The van der Waals surface area contributed by atoms with Crippen molar-refractivity contribution < 1.29 is 20.1 Å². The molecule has 2 aliphatic heterocycles. The Hall–Kier alpha value is -2.03. The topological polar surface area (TPSA) is 104 Å². The molecule has 5 nitrogen and oxygen atoms in total. The van der Waals surface area contributed by atoms with Crippen LogP contribution in [0.1, 0.15) is 86.5 Å². The summed E-state index contributed by atoms with van der Waals surface area (Å²) in [4.78, 5) is 12.3. The molecule has 2 bridgehead atoms. The van der Waals surface area contributed by atoms with E-state index in [0.717, 1.165) is 55.6 Å². The summed E-state index contributed by atoms with van der Waals surface area (Å²) in [6.45, 7) is 0.587. The van der Waals surface area contributed by atoms with Crippen molar-refractivity contribution in [2.24, 2.45) is 47.2 Å². The number of hydrogen-bond acceptors (Lipinski definition) is 6. The van der Waals surface area contributed by atoms with Crippen molar-refractivity contribution in [1.29, 1.82) is 0 Å². The van der Waals surface area contributed by atoms with Gasteiger partial charge in [-0.2, -0.15) is 0 Å². The van der Waals surface area contributed by atoms with Crippen LogP contribution in [0.2, 0.25) is 0 Å². The molecule has 1 fully saturated rings. The van der Waals surface area contributed by atoms with Gasteiger partial charge in [0.2, 0.25) is 0 Å². The van der Waals surface area contributed by atoms with E-state index in [1.54, 1.807) is 0 Å². The molecule has 0 aromatic heterocycles. The first-order valence-corrected chi connectivity index (χ1v) is 20.9. The number of carbonyl (C=O) groups is 1. The summed E-state index contributed by atoms with van der Waals surface area (Å²) in [5.74, 6) is 3.20. The monoisotopic (exact) mass is 691 g/mol. The van der Waals surface area contributed by atoms with Gasteiger partial charge in [0.25, 0.3) is 0 Å². The second-order valence-corrected chi connectivity index (χ2v) is 17.2. The number of aliphatic carboxylic acids is 1. The summed E-state index contributed by atoms with van der Waals surface area (Å²) in [6.07, 6.45) is 20.5. The second kappa shape index (κ2) is 19.4. The number of benzene rings is 2. The Kier molecular flexibility index (Phi) is 15.0. The molecule has 48 heavy (non-hydrogen) atoms. The summed E-state index contributed by atoms with van der Waals surface area (Å²) >= 11 is 0. The molecule has 5 N–H and O–H groups in total. The van der Waals surface area contributed by atoms with Crippen molar-refractivity contribution in [3.8, 4) is 0 Å². The predicted molar refractivity (Wildman–Crippen MR) is 202 cm³/mol. The Labute approximate surface area is 296 Å². The van der Waals surface area contributed by atoms with Gasteiger partial charge >= 0.3 is 5.97 Å². The molecule has 7 atom stereocenters. The Morgan fingerprint density at radius 2 is 1.71 bits per heavy atom. The number of carboxylic acid groups (broad SMARTS) is 1. The smallest absolute Gasteiger partial charge is 0.303 e. The number of allylic oxidation sites excluding steroid dienone is 3. The zero-order chi connectivity index (χ0) is 33.7. The van der Waals surface area contributed by atoms with Crippen LogP contribution in [0.4, 0.5) is 0 Å². The van der Waals surface area contributed by atoms with E-state index < -0.39 is 12.1 Å². The lowest BCUT2D eigenvalue weighted by Gasteiger charge is -2.42. The Morgan fingerprint density at radius 3 is 2.48 bits per heavy atom. The van der Waals surface area contributed by atoms with E-state index in [1.807, 2.05) is 27.7 Å². The van der Waals surface area contributed by atoms with Gasteiger partial charge in [0.15, 0.2) is 0 Å². The fourth-order valence-electron chi connectivity index (χ4n) is 8.80. The highest BCUT2D eigenvalue weighted by atomic mass is 33.1. The molecule has 2 aromatic carbocycles. The molecule has 2 heterocycles. The van der Waals surface area contributed by atoms with E-state index in [2.05, 4.69) is 66.8 Å². The summed E-state index contributed by atoms with van der Waals surface area (Å²) < 4.78 is 0. The SMILES string of the molecule is NCCC1C2C=CC(Cc3ccccc3CSSCC(Cc3cccc(CO)c3)C(CC=CC(O)CC3CCCCC3)C2)C1CC(=O)O. The van der Waals surface area contributed by atoms with Gasteiger partial charge in [0.05, 0.1) is 12.7 Å². The number of fused-ring (bicyclic) bond motifs is 7. The molecule has 6 rings (SSSR count). The number of nitrogens with two attached hydrogens (primary N) is 1. The number of aliphatic hydroxyl groups is 2. The van der Waals surface area contributed by atoms with Crippen LogP contribution in [0, 0.1) is 41.4 Å². The first-order chi connectivity index (χ1) is 23.4. The lowest BCUT2D eigenvalue weighted by Crippen LogP contribution is -2.37. The number of carboxylic acids is 1. The van der Waals surface area contributed by atoms with Crippen molar-refractivity contribution in [3.63, 3.8) is 0 Å². The van der Waals surface area contributed by atoms with Gasteiger partial charge in [-0.3, -0.25) is 4.79 Å². The number of hydrogen-bond donors (Lipinski definition) is 4. The molecule has 0 radical (unpaired) electrons. The Morgan fingerprint density at radius 1 is 0.938 bits per heavy atom. The maximum Gasteiger partial charge on any atom is 0.303 e. The van der Waals surface area contributed by atoms with E-state index in [1.165, 1.54) is 48.8 Å². The summed E-state index contributed by atoms with van der Waals surface area (Å²) in [5.41, 5.74) is 11.1. The van der Waals surface area contributed by atoms with Crippen LogP contribution in [0.25, 0.3) is 0 Å². The molecule has 7 heteroatoms. The van der Waals surface area contributed by atoms with E-state index >= 15 is 0 Å². The van der Waals surface area contributed by atoms with Crippen molar-refractivity contribution in [2.45, 2.75) is 95.5 Å². The normalized spacial score (nSPS) is 27.8. The maximum absolute atomic E-state index is 12.3. The molecule has 0 amide bonds. The van der Waals surface area contributed by atoms with Crippen molar-refractivity contribution in [1.82, 2.24) is 0 Å². The third-order valence-corrected chi connectivity index (χ3v) is 13.8. The molecule has 2 aromatic rings. The average molecular weight is 692 g/mol. The van der Waals surface area contributed by atoms with Gasteiger partial charge in [0, 0.05) is 17.9 Å². The van der Waals surface area contributed by atoms with Crippen LogP contribution in [-0.4, -0.2) is 39.7 Å². The van der Waals surface area contributed by atoms with Crippen molar-refractivity contribution >= 4 is 27.6 Å². The van der Waals surface area contributed by atoms with Gasteiger partial charge < -0.3 is 21.1 Å². The van der Waals surface area contributed by atoms with Crippen molar-refractivity contribution in [2.75, 3.05) is 12.3 Å². The Bertz CT molecular complexity index is 1340. The molecule has 0 spiro atoms. The quantitative estimate of drug-likeness (QED) is 0.131. The average Bonchev–Trinajstić information content (AvgIpc) is 3.08. The lowest BCUT2D eigenvalue weighted by molar-refractivity contribution is -0.139. The summed E-state index contributed by atoms with van der Waals surface area (Å²) in [5, 5.41) is 31.0. The number of rotatable bonds is 12. The van der Waals surface area contributed by atoms with Gasteiger partial charge in [0.1, 0.15) is 0 Å². The van der Waals surface area contributed by atoms with Crippen LogP contribution in [0.3, 0.4) is 0 Å². The summed E-state index contributed by atoms with van der Waals surface area (Å²) in [7, 11) is 3.89. The standard InChI is InChI=1S/C41H57NO4S2/c42-19-18-39-34-16-17-35(40(39)25-41(45)46)23-32-12-4-5-13-36(32)27-47-48-28-37(21-30-10-6-11-31(20-30)26-43)33(24-34)14-7-15-38(44)22-29-8-2-1-3-9-29/h4-7,10-13,15-17,20,29,33-35,37-40,43-44H,1-3,8-9,14,18-19,21-28,42H2,(H,45,46). The highest BCUT2D eigenvalue weighted by Crippen LogP contribution is 2.46. The van der Waals surface area contributed by atoms with E-state index in [9.17, 15) is 20.1 Å². The largest absolute Gasteiger partial charge is 0.481 e. The highest BCUT2D eigenvalue weighted by molar-refractivity contribution is 8.76. The van der Waals surface area contributed by atoms with Crippen LogP contribution in [0.5, 0.6) is 0 Å². The lowest BCUT2D eigenvalue weighted by atomic mass is 9.63. The van der Waals surface area contributed by atoms with Gasteiger partial charge in [-0.25, -0.2) is 0 Å². The fourth-order valence-corrected chi connectivity index (χ4v) is 11.4. The fraction of sp³-hybridized carbons (Fsp3) is 0.585. The molecule has 262 valence electrons. The number of aliphatic hydroxyl groups excluding tert-OH is 2. The van der Waals surface area contributed by atoms with Crippen LogP contribution < -0.4 is 5.73 Å². The second-order valence-electron chi connectivity index (χ2n) is 14.6. The molecule has 2 aliphatic carbocycles. The maximum atomic E-state index is 12.3. The zero-order valence-corrected chi connectivity index (χ0v) is 30.1. The molecular weight excluding hydrogens is 635 g/mol. The van der Waals surface area contributed by atoms with E-state index in [-0.39, 0.29) is 36.7 Å². The molecular formula is C41H57NO4S2. The van der Waals surface area contributed by atoms with Crippen molar-refractivity contribution in [3.05, 3.63) is 95.1 Å². The van der Waals surface area contributed by atoms with Gasteiger partial charge in [-0.15, -0.1) is 0 Å². The zero-order valence-electron chi connectivity index (χ0n) is 28.5. The predicted octanol–water partition coefficient (Wildman–Crippen LogP) is 8.62. The molecule has 4 aliphatic rings. The highest BCUT2D eigenvalue weighted by Gasteiger charge is 2.39. The third-order valence-electron chi connectivity index (χ3n) is 11.3. The minimum atomic E-state index is -0.726. The minimum Gasteiger partial charge on any atom is -0.481 e. The Balaban J connectivity index is 1.46. The van der Waals surface area contributed by atoms with Gasteiger partial charge in [-0.05, 0) is 109 Å². The van der Waals surface area contributed by atoms with E-state index in [0.29, 0.717) is 24.3 Å². The van der Waals surface area contributed by atoms with Crippen LogP contribution >= 0.6 is 21.6 Å². The van der Waals surface area contributed by atoms with E-state index in [4.69, 9.17) is 5.73 Å².